The molecule has 1 aromatic carbocycles. The largest absolute Gasteiger partial charge is 0.505 e. The molecule has 19 heavy (non-hydrogen) atoms. The number of amides is 1. The molecule has 6 nitrogen and oxygen atoms in total. The number of para-hydroxylation sites is 1. The van der Waals surface area contributed by atoms with Crippen molar-refractivity contribution in [2.75, 3.05) is 11.1 Å². The van der Waals surface area contributed by atoms with E-state index >= 15 is 0 Å². The minimum Gasteiger partial charge on any atom is -0.505 e. The number of nitrogens with one attached hydrogen (secondary N) is 1. The lowest BCUT2D eigenvalue weighted by atomic mass is 10.1. The molecule has 0 atom stereocenters. The molecule has 1 aromatic heterocycles. The van der Waals surface area contributed by atoms with Crippen LogP contribution in [0.15, 0.2) is 24.5 Å². The lowest BCUT2D eigenvalue weighted by molar-refractivity contribution is 0.102. The number of carbonyl (C=O) groups is 1. The fraction of sp³-hybridized carbons (Fsp3) is 0. The number of halogens is 2. The summed E-state index contributed by atoms with van der Waals surface area (Å²) in [5.74, 6) is -0.869. The molecule has 0 saturated carbocycles. The minimum atomic E-state index is -0.610. The van der Waals surface area contributed by atoms with Crippen LogP contribution in [0.2, 0.25) is 10.2 Å². The molecule has 0 aliphatic rings. The van der Waals surface area contributed by atoms with Crippen LogP contribution < -0.4 is 11.1 Å². The van der Waals surface area contributed by atoms with Crippen LogP contribution in [-0.2, 0) is 0 Å². The second-order valence-corrected chi connectivity index (χ2v) is 4.26. The van der Waals surface area contributed by atoms with Crippen LogP contribution in [0.25, 0.3) is 0 Å². The van der Waals surface area contributed by atoms with E-state index in [4.69, 9.17) is 28.9 Å². The van der Waals surface area contributed by atoms with Crippen molar-refractivity contribution >= 4 is 40.6 Å². The Hall–Kier alpha value is -2.05. The van der Waals surface area contributed by atoms with Gasteiger partial charge in [0.25, 0.3) is 5.91 Å². The van der Waals surface area contributed by atoms with Crippen molar-refractivity contribution in [3.8, 4) is 5.75 Å². The molecule has 8 heteroatoms. The number of nitrogens with zero attached hydrogens (tertiary/aromatic N) is 2. The van der Waals surface area contributed by atoms with E-state index in [1.807, 2.05) is 0 Å². The van der Waals surface area contributed by atoms with E-state index in [2.05, 4.69) is 15.3 Å². The summed E-state index contributed by atoms with van der Waals surface area (Å²) in [6, 6.07) is 4.43. The van der Waals surface area contributed by atoms with Crippen molar-refractivity contribution in [1.29, 1.82) is 0 Å². The average molecular weight is 299 g/mol. The summed E-state index contributed by atoms with van der Waals surface area (Å²) >= 11 is 11.5. The van der Waals surface area contributed by atoms with Gasteiger partial charge in [0.15, 0.2) is 16.7 Å². The second-order valence-electron chi connectivity index (χ2n) is 3.52. The molecular formula is C11H8Cl2N4O2. The molecule has 0 aliphatic heterocycles. The minimum absolute atomic E-state index is 0.00537. The van der Waals surface area contributed by atoms with Crippen molar-refractivity contribution in [3.05, 3.63) is 40.3 Å². The fourth-order valence-corrected chi connectivity index (χ4v) is 1.63. The third-order valence-corrected chi connectivity index (χ3v) is 3.03. The zero-order chi connectivity index (χ0) is 14.0. The maximum atomic E-state index is 12.0. The predicted molar refractivity (Wildman–Crippen MR) is 72.5 cm³/mol. The molecule has 0 fully saturated rings. The average Bonchev–Trinajstić information content (AvgIpc) is 2.38. The highest BCUT2D eigenvalue weighted by atomic mass is 35.5. The molecule has 0 spiro atoms. The van der Waals surface area contributed by atoms with Gasteiger partial charge < -0.3 is 16.2 Å². The molecule has 0 unspecified atom stereocenters. The number of anilines is 2. The molecule has 0 saturated heterocycles. The SMILES string of the molecule is Nc1cccc(C(=O)Nc2ncnc(Cl)c2Cl)c1O. The van der Waals surface area contributed by atoms with Crippen molar-refractivity contribution in [2.24, 2.45) is 0 Å². The summed E-state index contributed by atoms with van der Waals surface area (Å²) in [5.41, 5.74) is 5.61. The zero-order valence-corrected chi connectivity index (χ0v) is 10.9. The van der Waals surface area contributed by atoms with Crippen molar-refractivity contribution in [2.45, 2.75) is 0 Å². The molecule has 0 aliphatic carbocycles. The first kappa shape index (κ1) is 13.4. The highest BCUT2D eigenvalue weighted by Crippen LogP contribution is 2.28. The Labute approximate surface area is 118 Å². The monoisotopic (exact) mass is 298 g/mol. The Kier molecular flexibility index (Phi) is 3.73. The first-order valence-electron chi connectivity index (χ1n) is 5.05. The number of nitrogens with two attached hydrogens (primary N) is 1. The van der Waals surface area contributed by atoms with Crippen molar-refractivity contribution in [3.63, 3.8) is 0 Å². The first-order valence-corrected chi connectivity index (χ1v) is 5.81. The Bertz CT molecular complexity index is 649. The fourth-order valence-electron chi connectivity index (χ4n) is 1.35. The third kappa shape index (κ3) is 2.69. The van der Waals surface area contributed by atoms with Gasteiger partial charge in [-0.05, 0) is 12.1 Å². The van der Waals surface area contributed by atoms with Crippen LogP contribution in [0.4, 0.5) is 11.5 Å². The number of phenolic OH excluding ortho intramolecular Hbond substituents is 1. The van der Waals surface area contributed by atoms with Crippen LogP contribution in [0, 0.1) is 0 Å². The number of carbonyl (C=O) groups excluding carboxylic acids is 1. The number of hydrogen-bond acceptors (Lipinski definition) is 5. The van der Waals surface area contributed by atoms with Gasteiger partial charge in [-0.15, -0.1) is 0 Å². The molecule has 2 rings (SSSR count). The third-order valence-electron chi connectivity index (χ3n) is 2.29. The van der Waals surface area contributed by atoms with E-state index in [0.717, 1.165) is 6.33 Å². The molecule has 1 heterocycles. The molecule has 1 amide bonds. The van der Waals surface area contributed by atoms with Crippen LogP contribution in [0.1, 0.15) is 10.4 Å². The summed E-state index contributed by atoms with van der Waals surface area (Å²) in [4.78, 5) is 19.4. The Morgan fingerprint density at radius 1 is 1.32 bits per heavy atom. The smallest absolute Gasteiger partial charge is 0.260 e. The van der Waals surface area contributed by atoms with Crippen LogP contribution >= 0.6 is 23.2 Å². The van der Waals surface area contributed by atoms with Gasteiger partial charge >= 0.3 is 0 Å². The second kappa shape index (κ2) is 5.29. The van der Waals surface area contributed by atoms with E-state index in [-0.39, 0.29) is 33.0 Å². The molecule has 4 N–H and O–H groups in total. The number of aromatic nitrogens is 2. The van der Waals surface area contributed by atoms with Gasteiger partial charge in [-0.2, -0.15) is 0 Å². The topological polar surface area (TPSA) is 101 Å². The van der Waals surface area contributed by atoms with E-state index in [1.165, 1.54) is 12.1 Å². The van der Waals surface area contributed by atoms with Gasteiger partial charge in [0.2, 0.25) is 0 Å². The quantitative estimate of drug-likeness (QED) is 0.449. The normalized spacial score (nSPS) is 10.2. The summed E-state index contributed by atoms with van der Waals surface area (Å²) < 4.78 is 0. The van der Waals surface area contributed by atoms with Crippen molar-refractivity contribution < 1.29 is 9.90 Å². The molecule has 0 radical (unpaired) electrons. The van der Waals surface area contributed by atoms with E-state index in [1.54, 1.807) is 6.07 Å². The summed E-state index contributed by atoms with van der Waals surface area (Å²) in [6.45, 7) is 0. The Balaban J connectivity index is 2.31. The van der Waals surface area contributed by atoms with Crippen LogP contribution in [0.3, 0.4) is 0 Å². The van der Waals surface area contributed by atoms with Crippen molar-refractivity contribution in [1.82, 2.24) is 9.97 Å². The summed E-state index contributed by atoms with van der Waals surface area (Å²) in [5, 5.41) is 12.1. The standard InChI is InChI=1S/C11H8Cl2N4O2/c12-7-9(13)15-4-16-10(7)17-11(19)5-2-1-3-6(14)8(5)18/h1-4,18H,14H2,(H,15,16,17,19). The maximum absolute atomic E-state index is 12.0. The van der Waals surface area contributed by atoms with E-state index < -0.39 is 5.91 Å². The summed E-state index contributed by atoms with van der Waals surface area (Å²) in [6.07, 6.45) is 1.16. The molecule has 98 valence electrons. The first-order chi connectivity index (χ1) is 9.00. The molecule has 0 bridgehead atoms. The van der Waals surface area contributed by atoms with E-state index in [9.17, 15) is 9.90 Å². The Morgan fingerprint density at radius 2 is 2.05 bits per heavy atom. The lowest BCUT2D eigenvalue weighted by Gasteiger charge is -2.08. The van der Waals surface area contributed by atoms with Crippen LogP contribution in [0.5, 0.6) is 5.75 Å². The lowest BCUT2D eigenvalue weighted by Crippen LogP contribution is -2.14. The predicted octanol–water partition coefficient (Wildman–Crippen LogP) is 2.32. The number of aromatic hydroxyl groups is 1. The van der Waals surface area contributed by atoms with Gasteiger partial charge in [-0.1, -0.05) is 29.3 Å². The highest BCUT2D eigenvalue weighted by molar-refractivity contribution is 6.43. The molecular weight excluding hydrogens is 291 g/mol. The number of hydrogen-bond donors (Lipinski definition) is 3. The number of nitrogen functional groups attached to an aromatic ring is 1. The number of benzene rings is 1. The van der Waals surface area contributed by atoms with E-state index in [0.29, 0.717) is 0 Å². The van der Waals surface area contributed by atoms with Gasteiger partial charge in [-0.25, -0.2) is 9.97 Å². The van der Waals surface area contributed by atoms with Gasteiger partial charge in [0, 0.05) is 0 Å². The number of phenols is 1. The Morgan fingerprint density at radius 3 is 2.79 bits per heavy atom. The van der Waals surface area contributed by atoms with Crippen LogP contribution in [-0.4, -0.2) is 21.0 Å². The van der Waals surface area contributed by atoms with Gasteiger partial charge in [-0.3, -0.25) is 4.79 Å². The highest BCUT2D eigenvalue weighted by Gasteiger charge is 2.16. The molecule has 2 aromatic rings. The number of rotatable bonds is 2. The van der Waals surface area contributed by atoms with Gasteiger partial charge in [0.05, 0.1) is 11.3 Å². The summed E-state index contributed by atoms with van der Waals surface area (Å²) in [7, 11) is 0. The maximum Gasteiger partial charge on any atom is 0.260 e. The van der Waals surface area contributed by atoms with Gasteiger partial charge in [0.1, 0.15) is 11.3 Å². The zero-order valence-electron chi connectivity index (χ0n) is 9.39.